The number of benzene rings is 3. The van der Waals surface area contributed by atoms with Gasteiger partial charge in [-0.25, -0.2) is 0 Å². The number of aliphatic hydroxyl groups excluding tert-OH is 1. The Kier molecular flexibility index (Phi) is 19.3. The number of nitrogens with zero attached hydrogens (tertiary/aromatic N) is 1. The van der Waals surface area contributed by atoms with Gasteiger partial charge in [-0.1, -0.05) is 84.4 Å². The summed E-state index contributed by atoms with van der Waals surface area (Å²) in [6.07, 6.45) is 1.59. The SMILES string of the molecule is CNC(=O)[C@H](Cc1ccc(Cl)cc1)NC(=O)[C@H](CCC(=O)O)NC(=O)[C@H](Cc1ccccc1)NC(=O)[C@H](Cc1ccc(C(O)P(=O)(O)O)cc1)NC(=O)[C@H](Cc1cccnc1)NC(C)=O. The van der Waals surface area contributed by atoms with E-state index in [-0.39, 0.29) is 31.2 Å². The van der Waals surface area contributed by atoms with Gasteiger partial charge in [-0.15, -0.1) is 0 Å². The Hall–Kier alpha value is -6.50. The van der Waals surface area contributed by atoms with Crippen LogP contribution in [0.5, 0.6) is 0 Å². The van der Waals surface area contributed by atoms with Crippen LogP contribution < -0.4 is 31.9 Å². The number of carbonyl (C=O) groups is 7. The Balaban J connectivity index is 1.67. The molecule has 0 aliphatic carbocycles. The molecule has 6 atom stereocenters. The molecule has 0 saturated heterocycles. The molecule has 4 aromatic rings. The summed E-state index contributed by atoms with van der Waals surface area (Å²) in [5.74, 6) is -8.05. The molecular weight excluding hydrogens is 885 g/mol. The second-order valence-electron chi connectivity index (χ2n) is 15.0. The number of carboxylic acids is 1. The van der Waals surface area contributed by atoms with E-state index in [2.05, 4.69) is 36.9 Å². The monoisotopic (exact) mass is 935 g/mol. The fraction of sp³-hybridized carbons (Fsp3) is 0.318. The van der Waals surface area contributed by atoms with Gasteiger partial charge in [-0.2, -0.15) is 0 Å². The molecule has 21 heteroatoms. The number of carbonyl (C=O) groups excluding carboxylic acids is 6. The lowest BCUT2D eigenvalue weighted by Crippen LogP contribution is -2.60. The van der Waals surface area contributed by atoms with Crippen LogP contribution in [0.25, 0.3) is 0 Å². The highest BCUT2D eigenvalue weighted by Crippen LogP contribution is 2.49. The Morgan fingerprint density at radius 3 is 1.49 bits per heavy atom. The van der Waals surface area contributed by atoms with Gasteiger partial charge in [-0.3, -0.25) is 43.1 Å². The third kappa shape index (κ3) is 16.9. The van der Waals surface area contributed by atoms with Crippen molar-refractivity contribution in [2.45, 2.75) is 81.5 Å². The Morgan fingerprint density at radius 2 is 1.03 bits per heavy atom. The molecule has 3 aromatic carbocycles. The van der Waals surface area contributed by atoms with Crippen molar-refractivity contribution in [3.63, 3.8) is 0 Å². The second kappa shape index (κ2) is 24.5. The van der Waals surface area contributed by atoms with Crippen molar-refractivity contribution in [3.8, 4) is 0 Å². The van der Waals surface area contributed by atoms with E-state index in [1.54, 1.807) is 66.7 Å². The average molecular weight is 936 g/mol. The number of rotatable bonds is 23. The summed E-state index contributed by atoms with van der Waals surface area (Å²) in [5.41, 5.74) is 1.99. The average Bonchev–Trinajstić information content (AvgIpc) is 3.27. The number of hydrogen-bond acceptors (Lipinski definition) is 10. The maximum Gasteiger partial charge on any atom is 0.358 e. The number of aliphatic carboxylic acids is 1. The van der Waals surface area contributed by atoms with Gasteiger partial charge in [0.15, 0.2) is 5.85 Å². The standard InChI is InChI=1S/C44H51ClN7O12P/c1-26(53)48-35(24-30-9-6-20-47-25-30)41(58)51-37(23-28-10-14-31(15-11-28)44(61)65(62,63)64)43(60)52-36(21-27-7-4-3-5-8-27)42(59)49-33(18-19-38(54)55)40(57)50-34(39(56)46-2)22-29-12-16-32(45)17-13-29/h3-17,20,25,33-37,44,61H,18-19,21-24H2,1-2H3,(H,46,56)(H,48,53)(H,49,59)(H,50,57)(H,51,58)(H,52,60)(H,54,55)(H2,62,63,64)/t33-,34-,35-,36-,37-,44?/m0/s1. The molecule has 0 saturated carbocycles. The summed E-state index contributed by atoms with van der Waals surface area (Å²) in [4.78, 5) is 116. The van der Waals surface area contributed by atoms with Gasteiger partial charge >= 0.3 is 13.6 Å². The minimum atomic E-state index is -4.94. The number of aromatic nitrogens is 1. The second-order valence-corrected chi connectivity index (χ2v) is 17.1. The van der Waals surface area contributed by atoms with Crippen LogP contribution in [-0.2, 0) is 63.8 Å². The molecule has 65 heavy (non-hydrogen) atoms. The minimum absolute atomic E-state index is 0.0139. The van der Waals surface area contributed by atoms with Crippen LogP contribution in [0, 0.1) is 0 Å². The molecular formula is C44H51ClN7O12P. The number of halogens is 1. The van der Waals surface area contributed by atoms with Crippen molar-refractivity contribution in [2.24, 2.45) is 0 Å². The molecule has 0 aliphatic heterocycles. The Labute approximate surface area is 379 Å². The van der Waals surface area contributed by atoms with E-state index in [9.17, 15) is 58.1 Å². The van der Waals surface area contributed by atoms with Crippen molar-refractivity contribution in [1.29, 1.82) is 0 Å². The Bertz CT molecular complexity index is 2320. The van der Waals surface area contributed by atoms with Gasteiger partial charge in [0.1, 0.15) is 30.2 Å². The van der Waals surface area contributed by atoms with E-state index in [0.29, 0.717) is 27.3 Å². The van der Waals surface area contributed by atoms with E-state index in [4.69, 9.17) is 11.6 Å². The largest absolute Gasteiger partial charge is 0.481 e. The van der Waals surface area contributed by atoms with Crippen molar-refractivity contribution in [2.75, 3.05) is 7.05 Å². The molecule has 19 nitrogen and oxygen atoms in total. The zero-order valence-electron chi connectivity index (χ0n) is 35.3. The molecule has 0 spiro atoms. The number of hydrogen-bond donors (Lipinski definition) is 10. The maximum absolute atomic E-state index is 14.4. The molecule has 1 heterocycles. The lowest BCUT2D eigenvalue weighted by molar-refractivity contribution is -0.138. The first-order valence-corrected chi connectivity index (χ1v) is 22.3. The highest BCUT2D eigenvalue weighted by atomic mass is 35.5. The Morgan fingerprint density at radius 1 is 0.600 bits per heavy atom. The number of carboxylic acid groups (broad SMARTS) is 1. The van der Waals surface area contributed by atoms with Gasteiger partial charge in [0.25, 0.3) is 0 Å². The third-order valence-corrected chi connectivity index (χ3v) is 11.1. The summed E-state index contributed by atoms with van der Waals surface area (Å²) in [5, 5.41) is 35.6. The molecule has 1 aromatic heterocycles. The van der Waals surface area contributed by atoms with E-state index in [0.717, 1.165) is 0 Å². The smallest absolute Gasteiger partial charge is 0.358 e. The maximum atomic E-state index is 14.4. The lowest BCUT2D eigenvalue weighted by atomic mass is 10.00. The summed E-state index contributed by atoms with van der Waals surface area (Å²) < 4.78 is 11.7. The van der Waals surface area contributed by atoms with Crippen molar-refractivity contribution < 1.29 is 58.1 Å². The normalized spacial score (nSPS) is 13.9. The number of pyridine rings is 1. The van der Waals surface area contributed by atoms with Crippen LogP contribution >= 0.6 is 19.2 Å². The molecule has 10 N–H and O–H groups in total. The van der Waals surface area contributed by atoms with Gasteiger partial charge < -0.3 is 51.9 Å². The molecule has 4 rings (SSSR count). The number of amides is 6. The van der Waals surface area contributed by atoms with Crippen molar-refractivity contribution in [1.82, 2.24) is 36.9 Å². The molecule has 1 unspecified atom stereocenters. The van der Waals surface area contributed by atoms with E-state index >= 15 is 0 Å². The fourth-order valence-corrected chi connectivity index (χ4v) is 7.29. The molecule has 0 fully saturated rings. The summed E-state index contributed by atoms with van der Waals surface area (Å²) in [6.45, 7) is 1.20. The van der Waals surface area contributed by atoms with Crippen molar-refractivity contribution in [3.05, 3.63) is 136 Å². The van der Waals surface area contributed by atoms with Crippen molar-refractivity contribution >= 4 is 60.6 Å². The van der Waals surface area contributed by atoms with Gasteiger partial charge in [-0.05, 0) is 52.4 Å². The quantitative estimate of drug-likeness (QED) is 0.0469. The number of likely N-dealkylation sites (N-methyl/N-ethyl adjacent to an activating group) is 1. The first-order chi connectivity index (χ1) is 30.8. The molecule has 0 radical (unpaired) electrons. The van der Waals surface area contributed by atoms with Gasteiger partial charge in [0, 0.05) is 63.5 Å². The van der Waals surface area contributed by atoms with Crippen LogP contribution in [-0.4, -0.2) is 104 Å². The predicted octanol–water partition coefficient (Wildman–Crippen LogP) is 1.23. The zero-order valence-corrected chi connectivity index (χ0v) is 37.0. The van der Waals surface area contributed by atoms with Crippen LogP contribution in [0.2, 0.25) is 5.02 Å². The van der Waals surface area contributed by atoms with Crippen LogP contribution in [0.1, 0.15) is 53.4 Å². The predicted molar refractivity (Wildman–Crippen MR) is 237 cm³/mol. The summed E-state index contributed by atoms with van der Waals surface area (Å²) in [7, 11) is -3.57. The van der Waals surface area contributed by atoms with E-state index in [1.807, 2.05) is 0 Å². The molecule has 346 valence electrons. The number of nitrogens with one attached hydrogen (secondary N) is 6. The van der Waals surface area contributed by atoms with Crippen LogP contribution in [0.4, 0.5) is 0 Å². The topological polar surface area (TPSA) is 303 Å². The minimum Gasteiger partial charge on any atom is -0.481 e. The first-order valence-electron chi connectivity index (χ1n) is 20.2. The molecule has 0 bridgehead atoms. The fourth-order valence-electron chi connectivity index (χ4n) is 6.60. The van der Waals surface area contributed by atoms with Gasteiger partial charge in [0.05, 0.1) is 0 Å². The molecule has 6 amide bonds. The lowest BCUT2D eigenvalue weighted by Gasteiger charge is -2.27. The van der Waals surface area contributed by atoms with E-state index < -0.39 is 97.9 Å². The van der Waals surface area contributed by atoms with Gasteiger partial charge in [0.2, 0.25) is 35.4 Å². The zero-order chi connectivity index (χ0) is 47.7. The highest BCUT2D eigenvalue weighted by molar-refractivity contribution is 7.51. The highest BCUT2D eigenvalue weighted by Gasteiger charge is 2.34. The van der Waals surface area contributed by atoms with Crippen LogP contribution in [0.3, 0.4) is 0 Å². The third-order valence-electron chi connectivity index (χ3n) is 9.95. The van der Waals surface area contributed by atoms with Crippen LogP contribution in [0.15, 0.2) is 103 Å². The number of aliphatic hydroxyl groups is 1. The molecule has 0 aliphatic rings. The van der Waals surface area contributed by atoms with E-state index in [1.165, 1.54) is 50.6 Å². The first kappa shape index (κ1) is 51.1. The summed E-state index contributed by atoms with van der Waals surface area (Å²) >= 11 is 6.01. The summed E-state index contributed by atoms with van der Waals surface area (Å²) in [6, 6.07) is 16.7.